The van der Waals surface area contributed by atoms with Gasteiger partial charge in [0.2, 0.25) is 5.96 Å². The highest BCUT2D eigenvalue weighted by Crippen LogP contribution is 2.26. The number of aliphatic hydroxyl groups is 3. The number of rotatable bonds is 2. The Bertz CT molecular complexity index is 467. The highest BCUT2D eigenvalue weighted by Gasteiger charge is 2.45. The molecule has 2 heterocycles. The zero-order chi connectivity index (χ0) is 14.4. The van der Waals surface area contributed by atoms with Crippen LogP contribution in [0.4, 0.5) is 0 Å². The molecule has 8 heteroatoms. The molecule has 0 saturated carbocycles. The van der Waals surface area contributed by atoms with Crippen molar-refractivity contribution in [1.29, 1.82) is 0 Å². The molecule has 0 aliphatic carbocycles. The van der Waals surface area contributed by atoms with Crippen LogP contribution in [0.5, 0.6) is 0 Å². The van der Waals surface area contributed by atoms with E-state index >= 15 is 0 Å². The van der Waals surface area contributed by atoms with Gasteiger partial charge in [0, 0.05) is 0 Å². The van der Waals surface area contributed by atoms with Crippen LogP contribution in [0.1, 0.15) is 2.74 Å². The number of ether oxygens (including phenoxy) is 1. The third-order valence-corrected chi connectivity index (χ3v) is 2.42. The van der Waals surface area contributed by atoms with Crippen molar-refractivity contribution in [3.63, 3.8) is 0 Å². The molecule has 8 nitrogen and oxygen atoms in total. The van der Waals surface area contributed by atoms with E-state index < -0.39 is 37.4 Å². The van der Waals surface area contributed by atoms with Crippen LogP contribution in [0.3, 0.4) is 0 Å². The van der Waals surface area contributed by atoms with Gasteiger partial charge in [0.15, 0.2) is 6.23 Å². The van der Waals surface area contributed by atoms with Crippen LogP contribution in [0.25, 0.3) is 0 Å². The van der Waals surface area contributed by atoms with Crippen molar-refractivity contribution in [2.24, 2.45) is 15.7 Å². The average Bonchev–Trinajstić information content (AvgIpc) is 2.51. The van der Waals surface area contributed by atoms with Crippen LogP contribution in [0, 0.1) is 0 Å². The van der Waals surface area contributed by atoms with Crippen LogP contribution in [-0.4, -0.2) is 63.6 Å². The van der Waals surface area contributed by atoms with Crippen LogP contribution < -0.4 is 5.73 Å². The summed E-state index contributed by atoms with van der Waals surface area (Å²) >= 11 is 0. The Kier molecular flexibility index (Phi) is 2.48. The topological polar surface area (TPSA) is 124 Å². The zero-order valence-corrected chi connectivity index (χ0v) is 8.82. The predicted molar refractivity (Wildman–Crippen MR) is 58.9 cm³/mol. The van der Waals surface area contributed by atoms with E-state index in [9.17, 15) is 10.2 Å². The molecule has 0 radical (unpaired) electrons. The van der Waals surface area contributed by atoms with Gasteiger partial charge in [-0.2, -0.15) is 4.99 Å². The molecule has 0 bridgehead atoms. The van der Waals surface area contributed by atoms with Gasteiger partial charge < -0.3 is 25.8 Å². The minimum absolute atomic E-state index is 0.0176. The molecule has 0 aromatic heterocycles. The molecular weight excluding hydrogens is 228 g/mol. The Morgan fingerprint density at radius 1 is 1.71 bits per heavy atom. The van der Waals surface area contributed by atoms with Crippen LogP contribution >= 0.6 is 0 Å². The molecule has 5 N–H and O–H groups in total. The van der Waals surface area contributed by atoms with E-state index in [-0.39, 0.29) is 11.8 Å². The van der Waals surface area contributed by atoms with Crippen LogP contribution in [0.2, 0.25) is 0 Å². The molecule has 1 fully saturated rings. The second-order valence-electron chi connectivity index (χ2n) is 3.54. The number of guanidine groups is 1. The standard InChI is InChI=1S/C9H14N4O4/c1-4-12-9(10)11-3-13(4)8-7(16)6(15)5(2-14)17-8/h3,5-8,14-16H,1-2H2,(H2,10,12)/t5-,6?,7+,8-/m1/s1/i3D,6D. The van der Waals surface area contributed by atoms with Gasteiger partial charge in [0.05, 0.1) is 7.98 Å². The van der Waals surface area contributed by atoms with Crippen molar-refractivity contribution in [2.75, 3.05) is 6.61 Å². The third kappa shape index (κ3) is 2.03. The second kappa shape index (κ2) is 4.41. The maximum Gasteiger partial charge on any atom is 0.223 e. The van der Waals surface area contributed by atoms with Gasteiger partial charge in [0.25, 0.3) is 0 Å². The monoisotopic (exact) mass is 244 g/mol. The minimum atomic E-state index is -2.41. The van der Waals surface area contributed by atoms with Crippen molar-refractivity contribution < 1.29 is 22.8 Å². The lowest BCUT2D eigenvalue weighted by Gasteiger charge is -2.29. The molecule has 1 unspecified atom stereocenters. The maximum atomic E-state index is 9.90. The summed E-state index contributed by atoms with van der Waals surface area (Å²) in [6, 6.07) is 0. The van der Waals surface area contributed by atoms with Gasteiger partial charge in [-0.3, -0.25) is 4.90 Å². The molecule has 2 rings (SSSR count). The summed E-state index contributed by atoms with van der Waals surface area (Å²) in [5.74, 6) is -0.186. The number of hydrogen-bond acceptors (Lipinski definition) is 8. The quantitative estimate of drug-likeness (QED) is 0.427. The lowest BCUT2D eigenvalue weighted by molar-refractivity contribution is -0.0607. The molecule has 0 aromatic rings. The van der Waals surface area contributed by atoms with E-state index in [4.69, 9.17) is 18.3 Å². The van der Waals surface area contributed by atoms with E-state index in [0.717, 1.165) is 4.90 Å². The summed E-state index contributed by atoms with van der Waals surface area (Å²) in [6.07, 6.45) is -7.13. The van der Waals surface area contributed by atoms with Crippen molar-refractivity contribution in [1.82, 2.24) is 4.90 Å². The summed E-state index contributed by atoms with van der Waals surface area (Å²) in [4.78, 5) is 8.27. The second-order valence-corrected chi connectivity index (χ2v) is 3.54. The molecule has 17 heavy (non-hydrogen) atoms. The molecule has 4 atom stereocenters. The SMILES string of the molecule is [2H]C1=NC(N)=NC(=C)N1[C@@H]1O[C@H](CO)C([2H])(O)[C@@H]1O. The number of nitrogens with two attached hydrogens (primary N) is 1. The van der Waals surface area contributed by atoms with Gasteiger partial charge in [-0.1, -0.05) is 6.58 Å². The Morgan fingerprint density at radius 2 is 2.41 bits per heavy atom. The van der Waals surface area contributed by atoms with Crippen molar-refractivity contribution in [3.05, 3.63) is 12.4 Å². The molecule has 2 aliphatic rings. The first-order valence-corrected chi connectivity index (χ1v) is 4.83. The van der Waals surface area contributed by atoms with Gasteiger partial charge in [-0.05, 0) is 0 Å². The lowest BCUT2D eigenvalue weighted by atomic mass is 10.1. The average molecular weight is 244 g/mol. The molecule has 1 saturated heterocycles. The Labute approximate surface area is 100 Å². The Morgan fingerprint density at radius 3 is 2.94 bits per heavy atom. The van der Waals surface area contributed by atoms with Gasteiger partial charge in [-0.25, -0.2) is 4.99 Å². The summed E-state index contributed by atoms with van der Waals surface area (Å²) in [5, 5.41) is 28.7. The number of nitrogens with zero attached hydrogens (tertiary/aromatic N) is 3. The first-order chi connectivity index (χ1) is 8.78. The van der Waals surface area contributed by atoms with Crippen LogP contribution in [-0.2, 0) is 4.74 Å². The largest absolute Gasteiger partial charge is 0.394 e. The fourth-order valence-electron chi connectivity index (χ4n) is 1.57. The van der Waals surface area contributed by atoms with E-state index in [2.05, 4.69) is 16.6 Å². The highest BCUT2D eigenvalue weighted by molar-refractivity contribution is 5.89. The van der Waals surface area contributed by atoms with E-state index in [0.29, 0.717) is 0 Å². The summed E-state index contributed by atoms with van der Waals surface area (Å²) in [6.45, 7) is 2.87. The van der Waals surface area contributed by atoms with E-state index in [1.807, 2.05) is 0 Å². The summed E-state index contributed by atoms with van der Waals surface area (Å²) < 4.78 is 20.4. The fourth-order valence-corrected chi connectivity index (χ4v) is 1.57. The minimum Gasteiger partial charge on any atom is -0.394 e. The first-order valence-electron chi connectivity index (χ1n) is 5.83. The third-order valence-electron chi connectivity index (χ3n) is 2.42. The number of aliphatic hydroxyl groups excluding tert-OH is 2. The lowest BCUT2D eigenvalue weighted by Crippen LogP contribution is -2.44. The van der Waals surface area contributed by atoms with Crippen molar-refractivity contribution >= 4 is 12.3 Å². The van der Waals surface area contributed by atoms with E-state index in [1.165, 1.54) is 0 Å². The molecule has 2 aliphatic heterocycles. The van der Waals surface area contributed by atoms with Crippen LogP contribution in [0.15, 0.2) is 22.4 Å². The zero-order valence-electron chi connectivity index (χ0n) is 10.8. The van der Waals surface area contributed by atoms with Crippen molar-refractivity contribution in [3.8, 4) is 0 Å². The number of hydrogen-bond donors (Lipinski definition) is 4. The molecule has 94 valence electrons. The summed E-state index contributed by atoms with van der Waals surface area (Å²) in [7, 11) is 0. The number of aliphatic imine (C=N–C) groups is 2. The number of amidine groups is 1. The molecule has 0 spiro atoms. The highest BCUT2D eigenvalue weighted by atomic mass is 16.6. The molecule has 0 amide bonds. The molecule has 0 aromatic carbocycles. The van der Waals surface area contributed by atoms with E-state index in [1.54, 1.807) is 0 Å². The van der Waals surface area contributed by atoms with Gasteiger partial charge in [0.1, 0.15) is 31.8 Å². The Hall–Kier alpha value is -1.48. The fraction of sp³-hybridized carbons (Fsp3) is 0.556. The summed E-state index contributed by atoms with van der Waals surface area (Å²) in [5.41, 5.74) is 5.34. The van der Waals surface area contributed by atoms with Gasteiger partial charge in [-0.15, -0.1) is 0 Å². The Balaban J connectivity index is 2.29. The maximum absolute atomic E-state index is 9.90. The predicted octanol–water partition coefficient (Wildman–Crippen LogP) is -2.44. The normalized spacial score (nSPS) is 44.1. The van der Waals surface area contributed by atoms with Gasteiger partial charge >= 0.3 is 0 Å². The van der Waals surface area contributed by atoms with Crippen molar-refractivity contribution in [2.45, 2.75) is 24.5 Å². The molecular formula is C9H14N4O4. The first kappa shape index (κ1) is 9.54. The smallest absolute Gasteiger partial charge is 0.223 e.